The van der Waals surface area contributed by atoms with Gasteiger partial charge in [-0.25, -0.2) is 0 Å². The Balaban J connectivity index is 1.03. The van der Waals surface area contributed by atoms with Crippen LogP contribution in [0.1, 0.15) is 5.56 Å². The molecule has 242 valence electrons. The highest BCUT2D eigenvalue weighted by atomic mass is 15.0. The summed E-state index contributed by atoms with van der Waals surface area (Å²) in [5.74, 6) is 0. The molecule has 0 saturated heterocycles. The van der Waals surface area contributed by atoms with Crippen LogP contribution in [0.5, 0.6) is 0 Å². The van der Waals surface area contributed by atoms with Crippen LogP contribution in [0.2, 0.25) is 0 Å². The van der Waals surface area contributed by atoms with Gasteiger partial charge in [-0.2, -0.15) is 0 Å². The number of rotatable bonds is 4. The molecule has 52 heavy (non-hydrogen) atoms. The third kappa shape index (κ3) is 4.36. The van der Waals surface area contributed by atoms with Gasteiger partial charge in [-0.15, -0.1) is 0 Å². The van der Waals surface area contributed by atoms with Crippen molar-refractivity contribution in [2.24, 2.45) is 0 Å². The van der Waals surface area contributed by atoms with E-state index < -0.39 is 0 Å². The smallest absolute Gasteiger partial charge is 0.0541 e. The summed E-state index contributed by atoms with van der Waals surface area (Å²) in [7, 11) is 0. The second-order valence-corrected chi connectivity index (χ2v) is 14.2. The highest BCUT2D eigenvalue weighted by Gasteiger charge is 2.17. The Morgan fingerprint density at radius 1 is 0.327 bits per heavy atom. The van der Waals surface area contributed by atoms with Crippen molar-refractivity contribution in [1.82, 2.24) is 4.57 Å². The Kier molecular flexibility index (Phi) is 6.23. The predicted molar refractivity (Wildman–Crippen MR) is 223 cm³/mol. The normalized spacial score (nSPS) is 11.9. The molecular formula is C51H33N. The van der Waals surface area contributed by atoms with Crippen LogP contribution in [-0.4, -0.2) is 4.57 Å². The molecule has 0 atom stereocenters. The third-order valence-electron chi connectivity index (χ3n) is 11.2. The van der Waals surface area contributed by atoms with E-state index in [0.29, 0.717) is 0 Å². The zero-order valence-electron chi connectivity index (χ0n) is 28.8. The molecule has 0 aliphatic carbocycles. The summed E-state index contributed by atoms with van der Waals surface area (Å²) in [4.78, 5) is 0. The largest absolute Gasteiger partial charge is 0.309 e. The first-order chi connectivity index (χ1) is 25.7. The third-order valence-corrected chi connectivity index (χ3v) is 11.2. The Labute approximate surface area is 302 Å². The maximum absolute atomic E-state index is 2.41. The van der Waals surface area contributed by atoms with Crippen molar-refractivity contribution in [3.63, 3.8) is 0 Å². The van der Waals surface area contributed by atoms with E-state index in [2.05, 4.69) is 193 Å². The van der Waals surface area contributed by atoms with E-state index in [1.807, 2.05) is 0 Å². The van der Waals surface area contributed by atoms with Crippen molar-refractivity contribution >= 4 is 64.9 Å². The van der Waals surface area contributed by atoms with Gasteiger partial charge in [0.25, 0.3) is 0 Å². The van der Waals surface area contributed by atoms with Gasteiger partial charge in [0.15, 0.2) is 0 Å². The van der Waals surface area contributed by atoms with E-state index in [4.69, 9.17) is 0 Å². The van der Waals surface area contributed by atoms with Crippen molar-refractivity contribution < 1.29 is 0 Å². The van der Waals surface area contributed by atoms with Crippen LogP contribution in [0.4, 0.5) is 0 Å². The molecule has 1 aromatic heterocycles. The minimum absolute atomic E-state index is 1.16. The fourth-order valence-electron chi connectivity index (χ4n) is 8.63. The lowest BCUT2D eigenvalue weighted by Gasteiger charge is -2.17. The second-order valence-electron chi connectivity index (χ2n) is 14.2. The molecule has 1 heteroatoms. The van der Waals surface area contributed by atoms with Gasteiger partial charge in [0.05, 0.1) is 11.0 Å². The van der Waals surface area contributed by atoms with Crippen molar-refractivity contribution in [1.29, 1.82) is 0 Å². The Bertz CT molecular complexity index is 3160. The van der Waals surface area contributed by atoms with Gasteiger partial charge in [-0.05, 0) is 120 Å². The lowest BCUT2D eigenvalue weighted by Crippen LogP contribution is -1.94. The molecule has 0 fully saturated rings. The molecule has 0 bridgehead atoms. The Morgan fingerprint density at radius 2 is 0.846 bits per heavy atom. The van der Waals surface area contributed by atoms with Crippen molar-refractivity contribution in [2.45, 2.75) is 6.92 Å². The van der Waals surface area contributed by atoms with Gasteiger partial charge in [0, 0.05) is 16.5 Å². The molecule has 11 rings (SSSR count). The molecule has 1 heterocycles. The van der Waals surface area contributed by atoms with Gasteiger partial charge in [-0.3, -0.25) is 0 Å². The number of aryl methyl sites for hydroxylation is 1. The number of nitrogens with zero attached hydrogens (tertiary/aromatic N) is 1. The van der Waals surface area contributed by atoms with Crippen molar-refractivity contribution in [3.8, 4) is 39.1 Å². The van der Waals surface area contributed by atoms with Gasteiger partial charge in [-0.1, -0.05) is 151 Å². The van der Waals surface area contributed by atoms with Crippen LogP contribution < -0.4 is 0 Å². The summed E-state index contributed by atoms with van der Waals surface area (Å²) >= 11 is 0. The molecule has 1 nitrogen and oxygen atoms in total. The second kappa shape index (κ2) is 11.2. The van der Waals surface area contributed by atoms with Gasteiger partial charge in [0.2, 0.25) is 0 Å². The van der Waals surface area contributed by atoms with E-state index >= 15 is 0 Å². The summed E-state index contributed by atoms with van der Waals surface area (Å²) in [6.07, 6.45) is 0. The molecule has 0 aliphatic rings. The van der Waals surface area contributed by atoms with Crippen LogP contribution in [-0.2, 0) is 0 Å². The first-order valence-corrected chi connectivity index (χ1v) is 18.1. The minimum atomic E-state index is 1.16. The number of para-hydroxylation sites is 1. The molecular weight excluding hydrogens is 627 g/mol. The molecule has 0 amide bonds. The van der Waals surface area contributed by atoms with Gasteiger partial charge >= 0.3 is 0 Å². The summed E-state index contributed by atoms with van der Waals surface area (Å²) in [5.41, 5.74) is 12.4. The number of hydrogen-bond acceptors (Lipinski definition) is 0. The summed E-state index contributed by atoms with van der Waals surface area (Å²) in [6, 6.07) is 67.5. The van der Waals surface area contributed by atoms with Gasteiger partial charge < -0.3 is 4.57 Å². The highest BCUT2D eigenvalue weighted by Crippen LogP contribution is 2.43. The van der Waals surface area contributed by atoms with E-state index in [9.17, 15) is 0 Å². The number of hydrogen-bond donors (Lipinski definition) is 0. The molecule has 10 aromatic carbocycles. The highest BCUT2D eigenvalue weighted by molar-refractivity contribution is 6.27. The summed E-state index contributed by atoms with van der Waals surface area (Å²) in [6.45, 7) is 2.15. The molecule has 11 aromatic rings. The summed E-state index contributed by atoms with van der Waals surface area (Å²) < 4.78 is 2.41. The van der Waals surface area contributed by atoms with Crippen LogP contribution in [0.3, 0.4) is 0 Å². The molecule has 0 radical (unpaired) electrons. The molecule has 0 spiro atoms. The maximum Gasteiger partial charge on any atom is 0.0541 e. The molecule has 0 unspecified atom stereocenters. The topological polar surface area (TPSA) is 4.93 Å². The van der Waals surface area contributed by atoms with Gasteiger partial charge in [0.1, 0.15) is 0 Å². The lowest BCUT2D eigenvalue weighted by molar-refractivity contribution is 1.18. The average Bonchev–Trinajstić information content (AvgIpc) is 3.54. The average molecular weight is 660 g/mol. The zero-order chi connectivity index (χ0) is 34.3. The number of aromatic nitrogens is 1. The Hall–Kier alpha value is -6.70. The molecule has 0 N–H and O–H groups in total. The lowest BCUT2D eigenvalue weighted by atomic mass is 9.87. The first-order valence-electron chi connectivity index (χ1n) is 18.1. The fourth-order valence-corrected chi connectivity index (χ4v) is 8.63. The summed E-state index contributed by atoms with van der Waals surface area (Å²) in [5, 5.41) is 12.9. The number of fused-ring (bicyclic) bond motifs is 4. The molecule has 0 saturated carbocycles. The van der Waals surface area contributed by atoms with E-state index in [1.165, 1.54) is 104 Å². The fraction of sp³-hybridized carbons (Fsp3) is 0.0196. The van der Waals surface area contributed by atoms with E-state index in [-0.39, 0.29) is 0 Å². The number of benzene rings is 10. The van der Waals surface area contributed by atoms with Crippen molar-refractivity contribution in [2.75, 3.05) is 0 Å². The predicted octanol–water partition coefficient (Wildman–Crippen LogP) is 14.1. The van der Waals surface area contributed by atoms with Crippen LogP contribution >= 0.6 is 0 Å². The zero-order valence-corrected chi connectivity index (χ0v) is 28.8. The SMILES string of the molecule is Cc1ccc(-c2ccc3ccc4c(-c5ccc(-n6c7ccccc7c7cc(-c8ccc9ccccc9c8)ccc76)cc5)ccc5ccc2c3c54)cc1. The molecule has 0 aliphatic heterocycles. The monoisotopic (exact) mass is 659 g/mol. The van der Waals surface area contributed by atoms with E-state index in [1.54, 1.807) is 0 Å². The standard InChI is InChI=1S/C51H33N/c1-32-10-12-34(13-11-32)42-25-18-36-21-28-46-43(26-19-37-20-27-45(42)50(36)51(37)46)35-16-23-41(24-17-35)52-48-9-5-4-8-44(48)47-31-40(22-29-49(47)52)39-15-14-33-6-2-3-7-38(33)30-39/h2-31H,1H3. The van der Waals surface area contributed by atoms with Crippen LogP contribution in [0, 0.1) is 6.92 Å². The van der Waals surface area contributed by atoms with Crippen LogP contribution in [0.15, 0.2) is 182 Å². The first kappa shape index (κ1) is 29.1. The maximum atomic E-state index is 2.41. The van der Waals surface area contributed by atoms with E-state index in [0.717, 1.165) is 5.69 Å². The quantitative estimate of drug-likeness (QED) is 0.166. The minimum Gasteiger partial charge on any atom is -0.309 e. The Morgan fingerprint density at radius 3 is 1.56 bits per heavy atom. The van der Waals surface area contributed by atoms with Crippen LogP contribution in [0.25, 0.3) is 104 Å². The van der Waals surface area contributed by atoms with Crippen molar-refractivity contribution in [3.05, 3.63) is 188 Å².